The van der Waals surface area contributed by atoms with Gasteiger partial charge in [-0.1, -0.05) is 13.8 Å². The summed E-state index contributed by atoms with van der Waals surface area (Å²) >= 11 is 0. The lowest BCUT2D eigenvalue weighted by Gasteiger charge is -2.42. The maximum Gasteiger partial charge on any atom is 0.135 e. The number of morpholine rings is 1. The molecule has 1 aliphatic rings. The summed E-state index contributed by atoms with van der Waals surface area (Å²) in [6.07, 6.45) is 0.203. The molecule has 112 valence electrons. The van der Waals surface area contributed by atoms with E-state index in [-0.39, 0.29) is 11.7 Å². The molecule has 20 heavy (non-hydrogen) atoms. The zero-order chi connectivity index (χ0) is 14.9. The Balaban J connectivity index is 2.33. The van der Waals surface area contributed by atoms with E-state index in [9.17, 15) is 0 Å². The van der Waals surface area contributed by atoms with Crippen LogP contribution < -0.4 is 10.2 Å². The van der Waals surface area contributed by atoms with Crippen molar-refractivity contribution in [2.75, 3.05) is 30.4 Å². The number of anilines is 2. The Bertz CT molecular complexity index is 473. The van der Waals surface area contributed by atoms with Crippen LogP contribution in [0.1, 0.15) is 46.4 Å². The molecule has 0 spiro atoms. The van der Waals surface area contributed by atoms with Crippen LogP contribution in [0.15, 0.2) is 6.07 Å². The molecular formula is C15H26N4O. The minimum absolute atomic E-state index is 0.152. The van der Waals surface area contributed by atoms with Crippen molar-refractivity contribution in [1.29, 1.82) is 0 Å². The largest absolute Gasteiger partial charge is 0.373 e. The summed E-state index contributed by atoms with van der Waals surface area (Å²) in [5.41, 5.74) is -0.152. The highest BCUT2D eigenvalue weighted by Crippen LogP contribution is 2.27. The maximum atomic E-state index is 5.96. The summed E-state index contributed by atoms with van der Waals surface area (Å²) in [4.78, 5) is 11.5. The first-order chi connectivity index (χ1) is 9.30. The van der Waals surface area contributed by atoms with Crippen LogP contribution in [-0.4, -0.2) is 41.8 Å². The third-order valence-electron chi connectivity index (χ3n) is 3.40. The van der Waals surface area contributed by atoms with Gasteiger partial charge in [-0.2, -0.15) is 0 Å². The fraction of sp³-hybridized carbons (Fsp3) is 0.733. The van der Waals surface area contributed by atoms with Gasteiger partial charge in [0.15, 0.2) is 0 Å². The van der Waals surface area contributed by atoms with Crippen LogP contribution in [0.25, 0.3) is 0 Å². The highest BCUT2D eigenvalue weighted by Gasteiger charge is 2.32. The molecule has 1 aromatic heterocycles. The van der Waals surface area contributed by atoms with Crippen LogP contribution in [0, 0.1) is 0 Å². The van der Waals surface area contributed by atoms with Crippen molar-refractivity contribution < 1.29 is 4.74 Å². The Hall–Kier alpha value is -1.36. The number of hydrogen-bond acceptors (Lipinski definition) is 5. The SMILES string of the molecule is CNc1cc(N2CC(C)OC(C)(C)C2)nc(C(C)C)n1. The maximum absolute atomic E-state index is 5.96. The molecule has 1 fully saturated rings. The van der Waals surface area contributed by atoms with E-state index in [2.05, 4.69) is 49.8 Å². The number of aromatic nitrogens is 2. The molecule has 0 amide bonds. The van der Waals surface area contributed by atoms with E-state index >= 15 is 0 Å². The van der Waals surface area contributed by atoms with Gasteiger partial charge in [-0.25, -0.2) is 9.97 Å². The zero-order valence-corrected chi connectivity index (χ0v) is 13.4. The van der Waals surface area contributed by atoms with Gasteiger partial charge in [-0.3, -0.25) is 0 Å². The summed E-state index contributed by atoms with van der Waals surface area (Å²) in [7, 11) is 1.89. The standard InChI is InChI=1S/C15H26N4O/c1-10(2)14-17-12(16-6)7-13(18-14)19-8-11(3)20-15(4,5)9-19/h7,10-11H,8-9H2,1-6H3,(H,16,17,18). The topological polar surface area (TPSA) is 50.3 Å². The van der Waals surface area contributed by atoms with Crippen molar-refractivity contribution in [2.24, 2.45) is 0 Å². The highest BCUT2D eigenvalue weighted by atomic mass is 16.5. The minimum atomic E-state index is -0.152. The molecule has 0 bridgehead atoms. The van der Waals surface area contributed by atoms with E-state index in [1.165, 1.54) is 0 Å². The molecule has 0 aromatic carbocycles. The third kappa shape index (κ3) is 3.39. The lowest BCUT2D eigenvalue weighted by Crippen LogP contribution is -2.52. The second kappa shape index (κ2) is 5.56. The fourth-order valence-electron chi connectivity index (χ4n) is 2.63. The van der Waals surface area contributed by atoms with E-state index in [1.54, 1.807) is 0 Å². The fourth-order valence-corrected chi connectivity index (χ4v) is 2.63. The van der Waals surface area contributed by atoms with Crippen LogP contribution in [-0.2, 0) is 4.74 Å². The van der Waals surface area contributed by atoms with Crippen LogP contribution in [0.2, 0.25) is 0 Å². The van der Waals surface area contributed by atoms with Crippen LogP contribution in [0.3, 0.4) is 0 Å². The molecule has 0 aliphatic carbocycles. The van der Waals surface area contributed by atoms with Gasteiger partial charge in [0.05, 0.1) is 11.7 Å². The van der Waals surface area contributed by atoms with Crippen molar-refractivity contribution in [1.82, 2.24) is 9.97 Å². The summed E-state index contributed by atoms with van der Waals surface area (Å²) in [6, 6.07) is 2.01. The first kappa shape index (κ1) is 15.0. The predicted octanol–water partition coefficient (Wildman–Crippen LogP) is 2.65. The molecule has 0 saturated carbocycles. The van der Waals surface area contributed by atoms with Crippen LogP contribution in [0.5, 0.6) is 0 Å². The lowest BCUT2D eigenvalue weighted by molar-refractivity contribution is -0.0751. The molecule has 1 unspecified atom stereocenters. The highest BCUT2D eigenvalue weighted by molar-refractivity contribution is 5.50. The molecule has 1 aromatic rings. The van der Waals surface area contributed by atoms with Crippen molar-refractivity contribution in [3.8, 4) is 0 Å². The number of hydrogen-bond donors (Lipinski definition) is 1. The Morgan fingerprint density at radius 3 is 2.65 bits per heavy atom. The minimum Gasteiger partial charge on any atom is -0.373 e. The molecular weight excluding hydrogens is 252 g/mol. The first-order valence-electron chi connectivity index (χ1n) is 7.30. The van der Waals surface area contributed by atoms with E-state index in [1.807, 2.05) is 13.1 Å². The summed E-state index contributed by atoms with van der Waals surface area (Å²) in [5.74, 6) is 3.05. The van der Waals surface area contributed by atoms with Crippen LogP contribution in [0.4, 0.5) is 11.6 Å². The monoisotopic (exact) mass is 278 g/mol. The quantitative estimate of drug-likeness (QED) is 0.921. The normalized spacial score (nSPS) is 22.1. The van der Waals surface area contributed by atoms with E-state index in [0.717, 1.165) is 30.5 Å². The van der Waals surface area contributed by atoms with E-state index < -0.39 is 0 Å². The molecule has 2 rings (SSSR count). The number of nitrogens with zero attached hydrogens (tertiary/aromatic N) is 3. The van der Waals surface area contributed by atoms with Crippen molar-refractivity contribution in [2.45, 2.75) is 52.2 Å². The number of ether oxygens (including phenoxy) is 1. The van der Waals surface area contributed by atoms with Gasteiger partial charge in [-0.05, 0) is 20.8 Å². The summed E-state index contributed by atoms with van der Waals surface area (Å²) in [5, 5.41) is 3.12. The number of nitrogens with one attached hydrogen (secondary N) is 1. The van der Waals surface area contributed by atoms with Gasteiger partial charge >= 0.3 is 0 Å². The average Bonchev–Trinajstić information content (AvgIpc) is 2.35. The second-order valence-electron chi connectivity index (χ2n) is 6.44. The molecule has 1 aliphatic heterocycles. The van der Waals surface area contributed by atoms with Gasteiger partial charge in [0, 0.05) is 32.1 Å². The average molecular weight is 278 g/mol. The Morgan fingerprint density at radius 2 is 2.10 bits per heavy atom. The van der Waals surface area contributed by atoms with E-state index in [4.69, 9.17) is 9.72 Å². The van der Waals surface area contributed by atoms with Crippen molar-refractivity contribution in [3.05, 3.63) is 11.9 Å². The molecule has 1 N–H and O–H groups in total. The molecule has 1 saturated heterocycles. The zero-order valence-electron chi connectivity index (χ0n) is 13.4. The van der Waals surface area contributed by atoms with Gasteiger partial charge in [0.25, 0.3) is 0 Å². The van der Waals surface area contributed by atoms with Crippen molar-refractivity contribution >= 4 is 11.6 Å². The van der Waals surface area contributed by atoms with E-state index in [0.29, 0.717) is 5.92 Å². The number of rotatable bonds is 3. The lowest BCUT2D eigenvalue weighted by atomic mass is 10.1. The smallest absolute Gasteiger partial charge is 0.135 e. The van der Waals surface area contributed by atoms with Gasteiger partial charge in [-0.15, -0.1) is 0 Å². The Labute approximate surface area is 121 Å². The Morgan fingerprint density at radius 1 is 1.40 bits per heavy atom. The summed E-state index contributed by atoms with van der Waals surface area (Å²) < 4.78 is 5.96. The molecule has 0 radical (unpaired) electrons. The van der Waals surface area contributed by atoms with Gasteiger partial charge in [0.2, 0.25) is 0 Å². The molecule has 5 heteroatoms. The first-order valence-corrected chi connectivity index (χ1v) is 7.30. The predicted molar refractivity (Wildman–Crippen MR) is 82.5 cm³/mol. The third-order valence-corrected chi connectivity index (χ3v) is 3.40. The molecule has 1 atom stereocenters. The van der Waals surface area contributed by atoms with Crippen molar-refractivity contribution in [3.63, 3.8) is 0 Å². The van der Waals surface area contributed by atoms with Gasteiger partial charge in [0.1, 0.15) is 17.5 Å². The summed E-state index contributed by atoms with van der Waals surface area (Å²) in [6.45, 7) is 12.3. The molecule has 2 heterocycles. The van der Waals surface area contributed by atoms with Crippen LogP contribution >= 0.6 is 0 Å². The van der Waals surface area contributed by atoms with Gasteiger partial charge < -0.3 is 15.0 Å². The second-order valence-corrected chi connectivity index (χ2v) is 6.44. The Kier molecular flexibility index (Phi) is 4.18. The molecule has 5 nitrogen and oxygen atoms in total.